The van der Waals surface area contributed by atoms with Crippen molar-refractivity contribution in [3.8, 4) is 0 Å². The number of carboxylic acid groups (broad SMARTS) is 1. The van der Waals surface area contributed by atoms with Crippen LogP contribution in [-0.2, 0) is 10.3 Å². The number of hydrogen-bond donors (Lipinski definition) is 1. The number of piperidine rings is 1. The number of hydrogen-bond acceptors (Lipinski definition) is 4. The standard InChI is InChI=1S/C19H27N3O3/c1-14(17-5-4-15(2)25-17)6-10-21-11-7-19(8-12-21,18(23)24)22-13-9-20-16(22)3/h4-5,9,13-14H,6-8,10-12H2,1-3H3,(H,23,24). The van der Waals surface area contributed by atoms with Crippen LogP contribution in [0, 0.1) is 13.8 Å². The predicted molar refractivity (Wildman–Crippen MR) is 94.7 cm³/mol. The molecule has 1 N–H and O–H groups in total. The molecule has 0 radical (unpaired) electrons. The minimum absolute atomic E-state index is 0.371. The SMILES string of the molecule is Cc1ccc(C(C)CCN2CCC(C(=O)O)(n3ccnc3C)CC2)o1. The summed E-state index contributed by atoms with van der Waals surface area (Å²) in [4.78, 5) is 18.6. The number of aliphatic carboxylic acids is 1. The summed E-state index contributed by atoms with van der Waals surface area (Å²) in [6.07, 6.45) is 5.69. The predicted octanol–water partition coefficient (Wildman–Crippen LogP) is 3.16. The van der Waals surface area contributed by atoms with Gasteiger partial charge in [0.15, 0.2) is 0 Å². The minimum atomic E-state index is -0.860. The molecule has 3 rings (SSSR count). The van der Waals surface area contributed by atoms with Crippen molar-refractivity contribution in [2.45, 2.75) is 51.5 Å². The van der Waals surface area contributed by atoms with Crippen LogP contribution in [0.25, 0.3) is 0 Å². The largest absolute Gasteiger partial charge is 0.479 e. The van der Waals surface area contributed by atoms with Gasteiger partial charge in [0.2, 0.25) is 0 Å². The molecule has 1 fully saturated rings. The Hall–Kier alpha value is -2.08. The molecule has 2 aromatic heterocycles. The van der Waals surface area contributed by atoms with E-state index < -0.39 is 11.5 Å². The fourth-order valence-corrected chi connectivity index (χ4v) is 3.77. The first-order valence-electron chi connectivity index (χ1n) is 8.95. The van der Waals surface area contributed by atoms with Crippen LogP contribution in [0.5, 0.6) is 0 Å². The van der Waals surface area contributed by atoms with E-state index in [0.29, 0.717) is 18.8 Å². The molecular weight excluding hydrogens is 318 g/mol. The zero-order chi connectivity index (χ0) is 18.0. The van der Waals surface area contributed by atoms with Crippen molar-refractivity contribution in [3.05, 3.63) is 41.9 Å². The first-order valence-corrected chi connectivity index (χ1v) is 8.95. The molecule has 1 aliphatic heterocycles. The average Bonchev–Trinajstić information content (AvgIpc) is 3.21. The Morgan fingerprint density at radius 1 is 1.36 bits per heavy atom. The Kier molecular flexibility index (Phi) is 4.99. The van der Waals surface area contributed by atoms with Crippen molar-refractivity contribution >= 4 is 5.97 Å². The molecule has 1 saturated heterocycles. The lowest BCUT2D eigenvalue weighted by Gasteiger charge is -2.40. The summed E-state index contributed by atoms with van der Waals surface area (Å²) in [6, 6.07) is 4.05. The summed E-state index contributed by atoms with van der Waals surface area (Å²) in [6.45, 7) is 8.54. The number of aromatic nitrogens is 2. The molecule has 3 heterocycles. The van der Waals surface area contributed by atoms with Crippen LogP contribution in [0.2, 0.25) is 0 Å². The quantitative estimate of drug-likeness (QED) is 0.871. The normalized spacial score (nSPS) is 19.0. The number of rotatable bonds is 6. The third-order valence-electron chi connectivity index (χ3n) is 5.49. The molecule has 0 aliphatic carbocycles. The zero-order valence-electron chi connectivity index (χ0n) is 15.2. The first-order chi connectivity index (χ1) is 11.9. The van der Waals surface area contributed by atoms with Crippen LogP contribution in [0.4, 0.5) is 0 Å². The van der Waals surface area contributed by atoms with Crippen LogP contribution in [0.1, 0.15) is 49.4 Å². The molecule has 0 spiro atoms. The summed E-state index contributed by atoms with van der Waals surface area (Å²) >= 11 is 0. The van der Waals surface area contributed by atoms with E-state index in [1.807, 2.05) is 30.5 Å². The van der Waals surface area contributed by atoms with E-state index in [4.69, 9.17) is 4.42 Å². The number of likely N-dealkylation sites (tertiary alicyclic amines) is 1. The Labute approximate surface area is 148 Å². The molecule has 25 heavy (non-hydrogen) atoms. The average molecular weight is 345 g/mol. The fraction of sp³-hybridized carbons (Fsp3) is 0.579. The lowest BCUT2D eigenvalue weighted by Crippen LogP contribution is -2.51. The Morgan fingerprint density at radius 2 is 2.08 bits per heavy atom. The van der Waals surface area contributed by atoms with E-state index in [-0.39, 0.29) is 0 Å². The molecule has 136 valence electrons. The molecule has 2 aromatic rings. The summed E-state index contributed by atoms with van der Waals surface area (Å²) in [5, 5.41) is 9.86. The molecule has 0 bridgehead atoms. The minimum Gasteiger partial charge on any atom is -0.479 e. The second kappa shape index (κ2) is 7.04. The second-order valence-electron chi connectivity index (χ2n) is 7.16. The first kappa shape index (κ1) is 17.7. The molecule has 0 amide bonds. The lowest BCUT2D eigenvalue weighted by atomic mass is 9.86. The highest BCUT2D eigenvalue weighted by Gasteiger charge is 2.43. The van der Waals surface area contributed by atoms with E-state index >= 15 is 0 Å². The van der Waals surface area contributed by atoms with Gasteiger partial charge in [-0.25, -0.2) is 9.78 Å². The number of carboxylic acids is 1. The topological polar surface area (TPSA) is 71.5 Å². The van der Waals surface area contributed by atoms with Gasteiger partial charge in [0, 0.05) is 31.4 Å². The molecule has 1 atom stereocenters. The van der Waals surface area contributed by atoms with Gasteiger partial charge in [0.25, 0.3) is 0 Å². The van der Waals surface area contributed by atoms with Gasteiger partial charge >= 0.3 is 5.97 Å². The zero-order valence-corrected chi connectivity index (χ0v) is 15.2. The Balaban J connectivity index is 1.59. The van der Waals surface area contributed by atoms with Crippen molar-refractivity contribution < 1.29 is 14.3 Å². The maximum absolute atomic E-state index is 12.0. The van der Waals surface area contributed by atoms with Crippen LogP contribution in [0.3, 0.4) is 0 Å². The Bertz CT molecular complexity index is 726. The molecule has 1 unspecified atom stereocenters. The van der Waals surface area contributed by atoms with Gasteiger partial charge < -0.3 is 19.0 Å². The van der Waals surface area contributed by atoms with Crippen LogP contribution < -0.4 is 0 Å². The van der Waals surface area contributed by atoms with Crippen molar-refractivity contribution in [2.24, 2.45) is 0 Å². The van der Waals surface area contributed by atoms with E-state index in [1.54, 1.807) is 12.4 Å². The molecule has 6 heteroatoms. The number of nitrogens with zero attached hydrogens (tertiary/aromatic N) is 3. The second-order valence-corrected chi connectivity index (χ2v) is 7.16. The maximum Gasteiger partial charge on any atom is 0.330 e. The third-order valence-corrected chi connectivity index (χ3v) is 5.49. The van der Waals surface area contributed by atoms with E-state index in [2.05, 4.69) is 16.8 Å². The van der Waals surface area contributed by atoms with Crippen molar-refractivity contribution in [3.63, 3.8) is 0 Å². The molecule has 0 saturated carbocycles. The monoisotopic (exact) mass is 345 g/mol. The van der Waals surface area contributed by atoms with Gasteiger partial charge in [-0.1, -0.05) is 6.92 Å². The molecule has 6 nitrogen and oxygen atoms in total. The Morgan fingerprint density at radius 3 is 2.60 bits per heavy atom. The van der Waals surface area contributed by atoms with Gasteiger partial charge in [-0.05, 0) is 51.8 Å². The number of imidazole rings is 1. The third kappa shape index (κ3) is 3.49. The molecule has 0 aromatic carbocycles. The summed E-state index contributed by atoms with van der Waals surface area (Å²) in [5.74, 6) is 2.35. The van der Waals surface area contributed by atoms with Crippen molar-refractivity contribution in [1.82, 2.24) is 14.5 Å². The van der Waals surface area contributed by atoms with Crippen LogP contribution in [-0.4, -0.2) is 45.2 Å². The number of carbonyl (C=O) groups is 1. The highest BCUT2D eigenvalue weighted by molar-refractivity contribution is 5.77. The van der Waals surface area contributed by atoms with Crippen molar-refractivity contribution in [2.75, 3.05) is 19.6 Å². The maximum atomic E-state index is 12.0. The summed E-state index contributed by atoms with van der Waals surface area (Å²) in [7, 11) is 0. The van der Waals surface area contributed by atoms with Gasteiger partial charge in [-0.2, -0.15) is 0 Å². The summed E-state index contributed by atoms with van der Waals surface area (Å²) < 4.78 is 7.54. The van der Waals surface area contributed by atoms with Gasteiger partial charge in [0.05, 0.1) is 0 Å². The van der Waals surface area contributed by atoms with Gasteiger partial charge in [0.1, 0.15) is 22.9 Å². The van der Waals surface area contributed by atoms with E-state index in [9.17, 15) is 9.90 Å². The van der Waals surface area contributed by atoms with Crippen LogP contribution >= 0.6 is 0 Å². The number of aryl methyl sites for hydroxylation is 2. The van der Waals surface area contributed by atoms with Crippen LogP contribution in [0.15, 0.2) is 28.9 Å². The summed E-state index contributed by atoms with van der Waals surface area (Å²) in [5.41, 5.74) is -0.860. The molecular formula is C19H27N3O3. The fourth-order valence-electron chi connectivity index (χ4n) is 3.77. The number of furan rings is 1. The highest BCUT2D eigenvalue weighted by Crippen LogP contribution is 2.32. The highest BCUT2D eigenvalue weighted by atomic mass is 16.4. The van der Waals surface area contributed by atoms with Crippen molar-refractivity contribution in [1.29, 1.82) is 0 Å². The van der Waals surface area contributed by atoms with E-state index in [1.165, 1.54) is 0 Å². The van der Waals surface area contributed by atoms with Gasteiger partial charge in [-0.15, -0.1) is 0 Å². The molecule has 1 aliphatic rings. The van der Waals surface area contributed by atoms with E-state index in [0.717, 1.165) is 43.4 Å². The smallest absolute Gasteiger partial charge is 0.330 e. The van der Waals surface area contributed by atoms with Gasteiger partial charge in [-0.3, -0.25) is 0 Å². The lowest BCUT2D eigenvalue weighted by molar-refractivity contribution is -0.150.